The molecule has 0 amide bonds. The minimum absolute atomic E-state index is 0.0486. The summed E-state index contributed by atoms with van der Waals surface area (Å²) < 4.78 is 0. The lowest BCUT2D eigenvalue weighted by Gasteiger charge is -2.26. The molecule has 1 N–H and O–H groups in total. The first-order chi connectivity index (χ1) is 11.4. The molecule has 0 aliphatic heterocycles. The number of aromatic hydroxyl groups is 1. The van der Waals surface area contributed by atoms with Gasteiger partial charge in [0.05, 0.1) is 10.6 Å². The Morgan fingerprint density at radius 1 is 1.12 bits per heavy atom. The van der Waals surface area contributed by atoms with Crippen molar-refractivity contribution in [1.29, 1.82) is 0 Å². The quantitative estimate of drug-likeness (QED) is 0.603. The van der Waals surface area contributed by atoms with E-state index < -0.39 is 4.92 Å². The predicted octanol–water partition coefficient (Wildman–Crippen LogP) is 4.04. The maximum atomic E-state index is 11.4. The standard InChI is InChI=1S/C17H20ClN3O3/c1-19(2)10-5-11-20(15-6-3-4-7-17(15)22)16-12-13(18)8-9-14(16)21(23)24/h3-4,6-9,12,22H,5,10-11H2,1-2H3. The summed E-state index contributed by atoms with van der Waals surface area (Å²) in [6.45, 7) is 1.33. The molecule has 0 aliphatic carbocycles. The smallest absolute Gasteiger partial charge is 0.292 e. The van der Waals surface area contributed by atoms with Gasteiger partial charge in [-0.3, -0.25) is 10.1 Å². The van der Waals surface area contributed by atoms with E-state index in [1.807, 2.05) is 19.0 Å². The Bertz CT molecular complexity index is 722. The first kappa shape index (κ1) is 18.0. The highest BCUT2D eigenvalue weighted by atomic mass is 35.5. The molecule has 128 valence electrons. The maximum absolute atomic E-state index is 11.4. The van der Waals surface area contributed by atoms with E-state index in [2.05, 4.69) is 0 Å². The number of halogens is 1. The summed E-state index contributed by atoms with van der Waals surface area (Å²) in [6, 6.07) is 11.2. The molecule has 6 nitrogen and oxygen atoms in total. The van der Waals surface area contributed by atoms with Crippen LogP contribution in [-0.2, 0) is 0 Å². The van der Waals surface area contributed by atoms with Crippen molar-refractivity contribution in [2.75, 3.05) is 32.1 Å². The molecule has 2 aromatic rings. The normalized spacial score (nSPS) is 10.8. The van der Waals surface area contributed by atoms with Gasteiger partial charge in [0.2, 0.25) is 0 Å². The average Bonchev–Trinajstić information content (AvgIpc) is 2.52. The van der Waals surface area contributed by atoms with Crippen LogP contribution in [0.3, 0.4) is 0 Å². The summed E-state index contributed by atoms with van der Waals surface area (Å²) in [4.78, 5) is 14.7. The van der Waals surface area contributed by atoms with Gasteiger partial charge in [-0.1, -0.05) is 23.7 Å². The maximum Gasteiger partial charge on any atom is 0.292 e. The first-order valence-electron chi connectivity index (χ1n) is 7.54. The van der Waals surface area contributed by atoms with Gasteiger partial charge >= 0.3 is 0 Å². The minimum atomic E-state index is -0.440. The fourth-order valence-corrected chi connectivity index (χ4v) is 2.64. The average molecular weight is 350 g/mol. The van der Waals surface area contributed by atoms with E-state index in [1.54, 1.807) is 35.2 Å². The highest BCUT2D eigenvalue weighted by Crippen LogP contribution is 2.39. The van der Waals surface area contributed by atoms with Crippen LogP contribution in [0.25, 0.3) is 0 Å². The number of phenolic OH excluding ortho intramolecular Hbond substituents is 1. The third-order valence-corrected chi connectivity index (χ3v) is 3.82. The molecule has 0 atom stereocenters. The zero-order chi connectivity index (χ0) is 17.7. The van der Waals surface area contributed by atoms with Crippen molar-refractivity contribution in [2.24, 2.45) is 0 Å². The molecular weight excluding hydrogens is 330 g/mol. The van der Waals surface area contributed by atoms with Crippen molar-refractivity contribution in [2.45, 2.75) is 6.42 Å². The fraction of sp³-hybridized carbons (Fsp3) is 0.294. The second-order valence-corrected chi connectivity index (χ2v) is 6.12. The van der Waals surface area contributed by atoms with Crippen LogP contribution in [0.2, 0.25) is 5.02 Å². The minimum Gasteiger partial charge on any atom is -0.506 e. The summed E-state index contributed by atoms with van der Waals surface area (Å²) >= 11 is 6.06. The van der Waals surface area contributed by atoms with Crippen LogP contribution in [0.5, 0.6) is 5.75 Å². The first-order valence-corrected chi connectivity index (χ1v) is 7.92. The molecule has 2 rings (SSSR count). The van der Waals surface area contributed by atoms with Crippen LogP contribution in [0.1, 0.15) is 6.42 Å². The second-order valence-electron chi connectivity index (χ2n) is 5.69. The molecule has 0 heterocycles. The number of hydrogen-bond acceptors (Lipinski definition) is 5. The molecule has 0 unspecified atom stereocenters. The molecule has 0 saturated heterocycles. The Kier molecular flexibility index (Phi) is 6.00. The Balaban J connectivity index is 2.48. The van der Waals surface area contributed by atoms with Crippen LogP contribution in [0, 0.1) is 10.1 Å². The van der Waals surface area contributed by atoms with Crippen molar-refractivity contribution in [1.82, 2.24) is 4.90 Å². The van der Waals surface area contributed by atoms with Crippen molar-refractivity contribution >= 4 is 28.7 Å². The number of benzene rings is 2. The summed E-state index contributed by atoms with van der Waals surface area (Å²) in [5.74, 6) is 0.0663. The van der Waals surface area contributed by atoms with Gasteiger partial charge < -0.3 is 14.9 Å². The van der Waals surface area contributed by atoms with E-state index in [-0.39, 0.29) is 11.4 Å². The Hall–Kier alpha value is -2.31. The third kappa shape index (κ3) is 4.37. The highest BCUT2D eigenvalue weighted by molar-refractivity contribution is 6.31. The molecule has 7 heteroatoms. The van der Waals surface area contributed by atoms with Crippen molar-refractivity contribution in [3.05, 3.63) is 57.6 Å². The number of nitrogens with zero attached hydrogens (tertiary/aromatic N) is 3. The number of hydrogen-bond donors (Lipinski definition) is 1. The van der Waals surface area contributed by atoms with Crippen molar-refractivity contribution < 1.29 is 10.0 Å². The second kappa shape index (κ2) is 7.99. The van der Waals surface area contributed by atoms with Gasteiger partial charge in [0, 0.05) is 17.6 Å². The molecule has 0 saturated carbocycles. The SMILES string of the molecule is CN(C)CCCN(c1ccccc1O)c1cc(Cl)ccc1[N+](=O)[O-]. The van der Waals surface area contributed by atoms with Gasteiger partial charge in [-0.2, -0.15) is 0 Å². The van der Waals surface area contributed by atoms with Gasteiger partial charge in [-0.15, -0.1) is 0 Å². The highest BCUT2D eigenvalue weighted by Gasteiger charge is 2.22. The summed E-state index contributed by atoms with van der Waals surface area (Å²) in [5.41, 5.74) is 0.835. The summed E-state index contributed by atoms with van der Waals surface area (Å²) in [7, 11) is 3.93. The van der Waals surface area contributed by atoms with Gasteiger partial charge in [0.25, 0.3) is 5.69 Å². The lowest BCUT2D eigenvalue weighted by Crippen LogP contribution is -2.24. The lowest BCUT2D eigenvalue weighted by molar-refractivity contribution is -0.384. The molecular formula is C17H20ClN3O3. The van der Waals surface area contributed by atoms with E-state index >= 15 is 0 Å². The summed E-state index contributed by atoms with van der Waals surface area (Å²) in [6.07, 6.45) is 0.769. The number of nitro groups is 1. The molecule has 0 aliphatic rings. The Morgan fingerprint density at radius 3 is 2.46 bits per heavy atom. The van der Waals surface area contributed by atoms with Crippen molar-refractivity contribution in [3.63, 3.8) is 0 Å². The summed E-state index contributed by atoms with van der Waals surface area (Å²) in [5, 5.41) is 22.0. The van der Waals surface area contributed by atoms with E-state index in [4.69, 9.17) is 11.6 Å². The molecule has 0 radical (unpaired) electrons. The number of anilines is 2. The van der Waals surface area contributed by atoms with Gasteiger partial charge in [-0.05, 0) is 51.3 Å². The number of para-hydroxylation sites is 2. The topological polar surface area (TPSA) is 69.8 Å². The van der Waals surface area contributed by atoms with Crippen LogP contribution >= 0.6 is 11.6 Å². The Labute approximate surface area is 146 Å². The largest absolute Gasteiger partial charge is 0.506 e. The fourth-order valence-electron chi connectivity index (χ4n) is 2.48. The van der Waals surface area contributed by atoms with Gasteiger partial charge in [0.15, 0.2) is 0 Å². The molecule has 0 fully saturated rings. The van der Waals surface area contributed by atoms with E-state index in [0.29, 0.717) is 22.9 Å². The molecule has 0 spiro atoms. The van der Waals surface area contributed by atoms with Crippen LogP contribution < -0.4 is 4.90 Å². The van der Waals surface area contributed by atoms with E-state index in [0.717, 1.165) is 13.0 Å². The zero-order valence-electron chi connectivity index (χ0n) is 13.6. The molecule has 24 heavy (non-hydrogen) atoms. The van der Waals surface area contributed by atoms with E-state index in [9.17, 15) is 15.2 Å². The van der Waals surface area contributed by atoms with Crippen LogP contribution in [0.15, 0.2) is 42.5 Å². The molecule has 0 bridgehead atoms. The monoisotopic (exact) mass is 349 g/mol. The van der Waals surface area contributed by atoms with Gasteiger partial charge in [-0.25, -0.2) is 0 Å². The number of rotatable bonds is 7. The van der Waals surface area contributed by atoms with Crippen LogP contribution in [-0.4, -0.2) is 42.1 Å². The number of nitro benzene ring substituents is 1. The van der Waals surface area contributed by atoms with Gasteiger partial charge in [0.1, 0.15) is 11.4 Å². The van der Waals surface area contributed by atoms with Crippen LogP contribution in [0.4, 0.5) is 17.1 Å². The van der Waals surface area contributed by atoms with Crippen molar-refractivity contribution in [3.8, 4) is 5.75 Å². The zero-order valence-corrected chi connectivity index (χ0v) is 14.4. The van der Waals surface area contributed by atoms with E-state index in [1.165, 1.54) is 12.1 Å². The number of phenols is 1. The Morgan fingerprint density at radius 2 is 1.83 bits per heavy atom. The lowest BCUT2D eigenvalue weighted by atomic mass is 10.2. The molecule has 0 aromatic heterocycles. The predicted molar refractivity (Wildman–Crippen MR) is 96.4 cm³/mol. The third-order valence-electron chi connectivity index (χ3n) is 3.58. The molecule has 2 aromatic carbocycles.